The van der Waals surface area contributed by atoms with E-state index < -0.39 is 11.6 Å². The Hall–Kier alpha value is -2.93. The molecule has 0 bridgehead atoms. The molecule has 1 atom stereocenters. The zero-order valence-electron chi connectivity index (χ0n) is 17.2. The highest BCUT2D eigenvalue weighted by molar-refractivity contribution is 6.11. The molecule has 0 aliphatic carbocycles. The second kappa shape index (κ2) is 8.44. The van der Waals surface area contributed by atoms with Crippen molar-refractivity contribution >= 4 is 17.5 Å². The van der Waals surface area contributed by atoms with Crippen LogP contribution in [-0.2, 0) is 6.42 Å². The zero-order valence-corrected chi connectivity index (χ0v) is 17.2. The van der Waals surface area contributed by atoms with E-state index in [2.05, 4.69) is 35.2 Å². The predicted molar refractivity (Wildman–Crippen MR) is 116 cm³/mol. The van der Waals surface area contributed by atoms with Crippen molar-refractivity contribution in [3.8, 4) is 11.5 Å². The number of benzene rings is 2. The fraction of sp³-hybridized carbons (Fsp3) is 0.348. The number of hydrogen-bond acceptors (Lipinski definition) is 5. The lowest BCUT2D eigenvalue weighted by molar-refractivity contribution is 0.449. The van der Waals surface area contributed by atoms with Crippen LogP contribution in [0.4, 0.5) is 14.5 Å². The Kier molecular flexibility index (Phi) is 5.72. The number of nitrogens with one attached hydrogen (secondary N) is 1. The highest BCUT2D eigenvalue weighted by Gasteiger charge is 2.26. The maximum atomic E-state index is 13.8. The van der Waals surface area contributed by atoms with Crippen LogP contribution in [0.3, 0.4) is 0 Å². The lowest BCUT2D eigenvalue weighted by Crippen LogP contribution is -2.45. The van der Waals surface area contributed by atoms with E-state index in [0.29, 0.717) is 11.8 Å². The molecule has 5 nitrogen and oxygen atoms in total. The Labute approximate surface area is 175 Å². The molecular weight excluding hydrogens is 386 g/mol. The third-order valence-electron chi connectivity index (χ3n) is 5.87. The number of allylic oxidation sites excluding steroid dienone is 1. The van der Waals surface area contributed by atoms with Gasteiger partial charge in [-0.05, 0) is 44.0 Å². The molecule has 7 heteroatoms. The standard InChI is InChI=1S/C23H26F2N4O/c1-14-3-5-19-22(29(14)2)8-6-18(15(10-26)11-28-16-12-27-13-16)23(19)30-17-4-7-20(24)21(25)9-17/h4,6-11,14,16,27H,3,5,12-13,26H2,1-2H3. The lowest BCUT2D eigenvalue weighted by Gasteiger charge is -2.35. The molecule has 4 rings (SSSR count). The smallest absolute Gasteiger partial charge is 0.162 e. The molecular formula is C23H26F2N4O. The summed E-state index contributed by atoms with van der Waals surface area (Å²) in [6.45, 7) is 3.87. The molecule has 2 aliphatic rings. The Morgan fingerprint density at radius 1 is 1.23 bits per heavy atom. The van der Waals surface area contributed by atoms with E-state index >= 15 is 0 Å². The van der Waals surface area contributed by atoms with Crippen molar-refractivity contribution in [1.29, 1.82) is 0 Å². The Balaban J connectivity index is 1.78. The van der Waals surface area contributed by atoms with Crippen molar-refractivity contribution in [2.75, 3.05) is 25.0 Å². The summed E-state index contributed by atoms with van der Waals surface area (Å²) in [6, 6.07) is 8.20. The highest BCUT2D eigenvalue weighted by atomic mass is 19.2. The van der Waals surface area contributed by atoms with E-state index in [1.165, 1.54) is 12.3 Å². The van der Waals surface area contributed by atoms with Gasteiger partial charge >= 0.3 is 0 Å². The molecule has 0 radical (unpaired) electrons. The monoisotopic (exact) mass is 412 g/mol. The van der Waals surface area contributed by atoms with Gasteiger partial charge in [0.1, 0.15) is 11.5 Å². The first-order valence-electron chi connectivity index (χ1n) is 10.2. The molecule has 0 amide bonds. The van der Waals surface area contributed by atoms with Crippen LogP contribution in [0, 0.1) is 11.6 Å². The van der Waals surface area contributed by atoms with Gasteiger partial charge in [-0.1, -0.05) is 0 Å². The second-order valence-corrected chi connectivity index (χ2v) is 7.83. The van der Waals surface area contributed by atoms with Crippen LogP contribution in [-0.4, -0.2) is 38.4 Å². The molecule has 30 heavy (non-hydrogen) atoms. The number of fused-ring (bicyclic) bond motifs is 1. The Morgan fingerprint density at radius 3 is 2.70 bits per heavy atom. The average Bonchev–Trinajstić information content (AvgIpc) is 2.70. The third-order valence-corrected chi connectivity index (χ3v) is 5.87. The molecule has 2 aliphatic heterocycles. The summed E-state index contributed by atoms with van der Waals surface area (Å²) in [5.41, 5.74) is 9.53. The van der Waals surface area contributed by atoms with Gasteiger partial charge in [0, 0.05) is 67.0 Å². The van der Waals surface area contributed by atoms with E-state index in [1.54, 1.807) is 6.21 Å². The molecule has 0 spiro atoms. The first-order valence-corrected chi connectivity index (χ1v) is 10.2. The summed E-state index contributed by atoms with van der Waals surface area (Å²) in [4.78, 5) is 6.79. The molecule has 2 aromatic carbocycles. The fourth-order valence-electron chi connectivity index (χ4n) is 3.74. The fourth-order valence-corrected chi connectivity index (χ4v) is 3.74. The van der Waals surface area contributed by atoms with Gasteiger partial charge in [0.15, 0.2) is 11.6 Å². The predicted octanol–water partition coefficient (Wildman–Crippen LogP) is 3.87. The summed E-state index contributed by atoms with van der Waals surface area (Å²) in [5, 5.41) is 3.19. The number of anilines is 1. The van der Waals surface area contributed by atoms with Crippen molar-refractivity contribution in [2.24, 2.45) is 10.7 Å². The van der Waals surface area contributed by atoms with Crippen LogP contribution in [0.25, 0.3) is 5.57 Å². The molecule has 1 unspecified atom stereocenters. The van der Waals surface area contributed by atoms with Crippen molar-refractivity contribution in [1.82, 2.24) is 5.32 Å². The van der Waals surface area contributed by atoms with E-state index in [4.69, 9.17) is 10.5 Å². The number of halogens is 2. The Morgan fingerprint density at radius 2 is 2.03 bits per heavy atom. The van der Waals surface area contributed by atoms with E-state index in [0.717, 1.165) is 60.5 Å². The van der Waals surface area contributed by atoms with Crippen LogP contribution < -0.4 is 20.7 Å². The van der Waals surface area contributed by atoms with Crippen LogP contribution in [0.2, 0.25) is 0 Å². The number of aliphatic imine (C=N–C) groups is 1. The number of nitrogens with two attached hydrogens (primary N) is 1. The van der Waals surface area contributed by atoms with E-state index in [9.17, 15) is 8.78 Å². The Bertz CT molecular complexity index is 1000. The minimum absolute atomic E-state index is 0.236. The van der Waals surface area contributed by atoms with Gasteiger partial charge in [0.25, 0.3) is 0 Å². The third kappa shape index (κ3) is 3.89. The van der Waals surface area contributed by atoms with Gasteiger partial charge in [-0.2, -0.15) is 0 Å². The zero-order chi connectivity index (χ0) is 21.3. The normalized spacial score (nSPS) is 19.7. The molecule has 0 saturated carbocycles. The maximum Gasteiger partial charge on any atom is 0.162 e. The molecule has 0 aromatic heterocycles. The largest absolute Gasteiger partial charge is 0.456 e. The van der Waals surface area contributed by atoms with Crippen molar-refractivity contribution in [2.45, 2.75) is 31.8 Å². The number of rotatable bonds is 5. The summed E-state index contributed by atoms with van der Waals surface area (Å²) in [7, 11) is 2.05. The molecule has 1 saturated heterocycles. The van der Waals surface area contributed by atoms with Gasteiger partial charge in [-0.25, -0.2) is 8.78 Å². The molecule has 2 aromatic rings. The summed E-state index contributed by atoms with van der Waals surface area (Å²) in [6.07, 6.45) is 5.05. The number of hydrogen-bond donors (Lipinski definition) is 2. The summed E-state index contributed by atoms with van der Waals surface area (Å²) >= 11 is 0. The van der Waals surface area contributed by atoms with Crippen LogP contribution in [0.1, 0.15) is 24.5 Å². The average molecular weight is 412 g/mol. The lowest BCUT2D eigenvalue weighted by atomic mass is 9.92. The minimum atomic E-state index is -0.946. The SMILES string of the molecule is CC1CCc2c(ccc(C(C=NC3CNC3)=CN)c2Oc2ccc(F)c(F)c2)N1C. The van der Waals surface area contributed by atoms with Gasteiger partial charge in [0.2, 0.25) is 0 Å². The van der Waals surface area contributed by atoms with Crippen LogP contribution >= 0.6 is 0 Å². The minimum Gasteiger partial charge on any atom is -0.456 e. The number of nitrogens with zero attached hydrogens (tertiary/aromatic N) is 2. The van der Waals surface area contributed by atoms with Gasteiger partial charge in [-0.15, -0.1) is 0 Å². The summed E-state index contributed by atoms with van der Waals surface area (Å²) in [5.74, 6) is -1.01. The topological polar surface area (TPSA) is 62.9 Å². The van der Waals surface area contributed by atoms with E-state index in [1.807, 2.05) is 6.07 Å². The second-order valence-electron chi connectivity index (χ2n) is 7.83. The summed E-state index contributed by atoms with van der Waals surface area (Å²) < 4.78 is 33.3. The quantitative estimate of drug-likeness (QED) is 0.732. The molecule has 2 heterocycles. The molecule has 1 fully saturated rings. The van der Waals surface area contributed by atoms with Crippen LogP contribution in [0.5, 0.6) is 11.5 Å². The van der Waals surface area contributed by atoms with Crippen molar-refractivity contribution < 1.29 is 13.5 Å². The first-order chi connectivity index (χ1) is 14.5. The highest BCUT2D eigenvalue weighted by Crippen LogP contribution is 2.42. The van der Waals surface area contributed by atoms with E-state index in [-0.39, 0.29) is 11.8 Å². The van der Waals surface area contributed by atoms with Crippen molar-refractivity contribution in [3.63, 3.8) is 0 Å². The maximum absolute atomic E-state index is 13.8. The molecule has 158 valence electrons. The van der Waals surface area contributed by atoms with Crippen LogP contribution in [0.15, 0.2) is 41.5 Å². The molecule has 3 N–H and O–H groups in total. The van der Waals surface area contributed by atoms with Gasteiger partial charge < -0.3 is 20.7 Å². The first kappa shape index (κ1) is 20.3. The number of ether oxygens (including phenoxy) is 1. The van der Waals surface area contributed by atoms with Gasteiger partial charge in [0.05, 0.1) is 6.04 Å². The van der Waals surface area contributed by atoms with Gasteiger partial charge in [-0.3, -0.25) is 4.99 Å². The van der Waals surface area contributed by atoms with Crippen molar-refractivity contribution in [3.05, 3.63) is 59.3 Å².